The van der Waals surface area contributed by atoms with Gasteiger partial charge in [0.15, 0.2) is 5.76 Å². The summed E-state index contributed by atoms with van der Waals surface area (Å²) in [7, 11) is 0. The first-order valence-electron chi connectivity index (χ1n) is 3.83. The van der Waals surface area contributed by atoms with Crippen LogP contribution < -0.4 is 5.73 Å². The third-order valence-electron chi connectivity index (χ3n) is 1.61. The SMILES string of the molecule is NCC#Cc1occ(CO)c1CO. The summed E-state index contributed by atoms with van der Waals surface area (Å²) in [6.45, 7) is -0.120. The molecule has 1 aromatic heterocycles. The van der Waals surface area contributed by atoms with Crippen molar-refractivity contribution in [3.63, 3.8) is 0 Å². The van der Waals surface area contributed by atoms with Crippen molar-refractivity contribution in [3.05, 3.63) is 23.2 Å². The van der Waals surface area contributed by atoms with Crippen LogP contribution in [0.3, 0.4) is 0 Å². The fourth-order valence-electron chi connectivity index (χ4n) is 0.960. The molecule has 0 aliphatic heterocycles. The molecule has 0 aromatic carbocycles. The van der Waals surface area contributed by atoms with Crippen LogP contribution in [0.1, 0.15) is 16.9 Å². The number of furan rings is 1. The summed E-state index contributed by atoms with van der Waals surface area (Å²) >= 11 is 0. The highest BCUT2D eigenvalue weighted by atomic mass is 16.3. The summed E-state index contributed by atoms with van der Waals surface area (Å²) in [6.07, 6.45) is 1.38. The van der Waals surface area contributed by atoms with Gasteiger partial charge in [0.2, 0.25) is 0 Å². The van der Waals surface area contributed by atoms with E-state index in [2.05, 4.69) is 11.8 Å². The van der Waals surface area contributed by atoms with E-state index in [-0.39, 0.29) is 19.8 Å². The first-order chi connectivity index (χ1) is 6.33. The highest BCUT2D eigenvalue weighted by Crippen LogP contribution is 2.16. The van der Waals surface area contributed by atoms with Gasteiger partial charge in [-0.1, -0.05) is 5.92 Å². The molecular formula is C9H11NO3. The quantitative estimate of drug-likeness (QED) is 0.541. The number of hydrogen-bond donors (Lipinski definition) is 3. The Kier molecular flexibility index (Phi) is 3.53. The third kappa shape index (κ3) is 2.10. The van der Waals surface area contributed by atoms with Crippen molar-refractivity contribution in [1.29, 1.82) is 0 Å². The molecule has 0 aliphatic rings. The molecule has 0 bridgehead atoms. The maximum atomic E-state index is 8.95. The highest BCUT2D eigenvalue weighted by Gasteiger charge is 2.09. The maximum absolute atomic E-state index is 8.95. The molecule has 0 amide bonds. The van der Waals surface area contributed by atoms with Crippen LogP contribution in [0.25, 0.3) is 0 Å². The summed E-state index contributed by atoms with van der Waals surface area (Å²) in [5.41, 5.74) is 6.27. The van der Waals surface area contributed by atoms with Gasteiger partial charge in [-0.25, -0.2) is 0 Å². The van der Waals surface area contributed by atoms with Crippen LogP contribution >= 0.6 is 0 Å². The fourth-order valence-corrected chi connectivity index (χ4v) is 0.960. The lowest BCUT2D eigenvalue weighted by Gasteiger charge is -1.93. The number of nitrogens with two attached hydrogens (primary N) is 1. The molecule has 0 radical (unpaired) electrons. The largest absolute Gasteiger partial charge is 0.455 e. The maximum Gasteiger partial charge on any atom is 0.182 e. The molecule has 0 saturated carbocycles. The minimum atomic E-state index is -0.193. The molecule has 0 fully saturated rings. The van der Waals surface area contributed by atoms with E-state index < -0.39 is 0 Å². The van der Waals surface area contributed by atoms with Crippen LogP contribution in [0.2, 0.25) is 0 Å². The molecule has 1 rings (SSSR count). The zero-order valence-electron chi connectivity index (χ0n) is 7.08. The highest BCUT2D eigenvalue weighted by molar-refractivity contribution is 5.38. The Balaban J connectivity index is 3.00. The molecule has 4 nitrogen and oxygen atoms in total. The predicted octanol–water partition coefficient (Wildman–Crippen LogP) is -0.426. The third-order valence-corrected chi connectivity index (χ3v) is 1.61. The van der Waals surface area contributed by atoms with E-state index >= 15 is 0 Å². The Hall–Kier alpha value is -1.28. The van der Waals surface area contributed by atoms with Gasteiger partial charge in [-0.15, -0.1) is 0 Å². The number of rotatable bonds is 2. The monoisotopic (exact) mass is 181 g/mol. The van der Waals surface area contributed by atoms with Gasteiger partial charge >= 0.3 is 0 Å². The number of aliphatic hydroxyl groups excluding tert-OH is 2. The van der Waals surface area contributed by atoms with Crippen LogP contribution in [0.15, 0.2) is 10.7 Å². The van der Waals surface area contributed by atoms with E-state index in [1.54, 1.807) is 0 Å². The number of aliphatic hydroxyl groups is 2. The van der Waals surface area contributed by atoms with E-state index in [0.29, 0.717) is 16.9 Å². The molecule has 0 saturated heterocycles. The first-order valence-corrected chi connectivity index (χ1v) is 3.83. The van der Waals surface area contributed by atoms with Crippen molar-refractivity contribution in [3.8, 4) is 11.8 Å². The van der Waals surface area contributed by atoms with Crippen molar-refractivity contribution >= 4 is 0 Å². The molecule has 1 heterocycles. The second-order valence-corrected chi connectivity index (χ2v) is 2.39. The molecule has 0 aliphatic carbocycles. The van der Waals surface area contributed by atoms with Crippen molar-refractivity contribution < 1.29 is 14.6 Å². The summed E-state index contributed by atoms with van der Waals surface area (Å²) < 4.78 is 5.03. The van der Waals surface area contributed by atoms with Gasteiger partial charge in [0, 0.05) is 11.1 Å². The standard InChI is InChI=1S/C9H11NO3/c10-3-1-2-9-8(5-12)7(4-11)6-13-9/h6,11-12H,3-5,10H2. The summed E-state index contributed by atoms with van der Waals surface area (Å²) in [6, 6.07) is 0. The Bertz CT molecular complexity index is 332. The Morgan fingerprint density at radius 1 is 1.38 bits per heavy atom. The summed E-state index contributed by atoms with van der Waals surface area (Å²) in [5, 5.41) is 17.8. The topological polar surface area (TPSA) is 79.6 Å². The second-order valence-electron chi connectivity index (χ2n) is 2.39. The Morgan fingerprint density at radius 3 is 2.69 bits per heavy atom. The van der Waals surface area contributed by atoms with E-state index in [4.69, 9.17) is 20.4 Å². The Morgan fingerprint density at radius 2 is 2.15 bits per heavy atom. The van der Waals surface area contributed by atoms with E-state index in [0.717, 1.165) is 0 Å². The van der Waals surface area contributed by atoms with Crippen LogP contribution in [0.5, 0.6) is 0 Å². The van der Waals surface area contributed by atoms with Crippen molar-refractivity contribution in [2.24, 2.45) is 5.73 Å². The van der Waals surface area contributed by atoms with E-state index in [9.17, 15) is 0 Å². The van der Waals surface area contributed by atoms with Gasteiger partial charge in [0.05, 0.1) is 26.0 Å². The van der Waals surface area contributed by atoms with Crippen LogP contribution in [0.4, 0.5) is 0 Å². The molecule has 0 unspecified atom stereocenters. The molecule has 0 spiro atoms. The lowest BCUT2D eigenvalue weighted by atomic mass is 10.1. The van der Waals surface area contributed by atoms with Gasteiger partial charge in [-0.3, -0.25) is 0 Å². The second kappa shape index (κ2) is 4.67. The van der Waals surface area contributed by atoms with Crippen molar-refractivity contribution in [2.75, 3.05) is 6.54 Å². The molecule has 13 heavy (non-hydrogen) atoms. The van der Waals surface area contributed by atoms with Crippen molar-refractivity contribution in [2.45, 2.75) is 13.2 Å². The van der Waals surface area contributed by atoms with Crippen LogP contribution in [0, 0.1) is 11.8 Å². The minimum absolute atomic E-state index is 0.163. The van der Waals surface area contributed by atoms with Gasteiger partial charge < -0.3 is 20.4 Å². The number of hydrogen-bond acceptors (Lipinski definition) is 4. The molecule has 70 valence electrons. The first kappa shape index (κ1) is 9.81. The molecule has 4 heteroatoms. The van der Waals surface area contributed by atoms with Gasteiger partial charge in [-0.05, 0) is 5.92 Å². The lowest BCUT2D eigenvalue weighted by molar-refractivity contribution is 0.261. The molecule has 0 atom stereocenters. The zero-order chi connectivity index (χ0) is 9.68. The summed E-state index contributed by atoms with van der Waals surface area (Å²) in [4.78, 5) is 0. The Labute approximate surface area is 76.0 Å². The van der Waals surface area contributed by atoms with Crippen molar-refractivity contribution in [1.82, 2.24) is 0 Å². The average molecular weight is 181 g/mol. The van der Waals surface area contributed by atoms with E-state index in [1.807, 2.05) is 0 Å². The molecular weight excluding hydrogens is 170 g/mol. The van der Waals surface area contributed by atoms with Gasteiger partial charge in [-0.2, -0.15) is 0 Å². The minimum Gasteiger partial charge on any atom is -0.455 e. The summed E-state index contributed by atoms with van der Waals surface area (Å²) in [5.74, 6) is 5.65. The molecule has 4 N–H and O–H groups in total. The normalized spacial score (nSPS) is 9.46. The lowest BCUT2D eigenvalue weighted by Crippen LogP contribution is -1.94. The zero-order valence-corrected chi connectivity index (χ0v) is 7.08. The molecule has 1 aromatic rings. The fraction of sp³-hybridized carbons (Fsp3) is 0.333. The predicted molar refractivity (Wildman–Crippen MR) is 46.5 cm³/mol. The average Bonchev–Trinajstić information content (AvgIpc) is 2.56. The smallest absolute Gasteiger partial charge is 0.182 e. The van der Waals surface area contributed by atoms with Crippen LogP contribution in [-0.2, 0) is 13.2 Å². The van der Waals surface area contributed by atoms with Gasteiger partial charge in [0.1, 0.15) is 0 Å². The van der Waals surface area contributed by atoms with E-state index in [1.165, 1.54) is 6.26 Å². The van der Waals surface area contributed by atoms with Crippen LogP contribution in [-0.4, -0.2) is 16.8 Å². The van der Waals surface area contributed by atoms with Gasteiger partial charge in [0.25, 0.3) is 0 Å².